The van der Waals surface area contributed by atoms with Gasteiger partial charge in [-0.05, 0) is 52.9 Å². The van der Waals surface area contributed by atoms with Crippen LogP contribution in [-0.4, -0.2) is 62.2 Å². The molecule has 0 radical (unpaired) electrons. The number of likely N-dealkylation sites (N-methyl/N-ethyl adjacent to an activating group) is 2. The molecule has 1 aliphatic carbocycles. The Morgan fingerprint density at radius 1 is 1.19 bits per heavy atom. The van der Waals surface area contributed by atoms with Crippen molar-refractivity contribution in [3.63, 3.8) is 0 Å². The van der Waals surface area contributed by atoms with E-state index in [2.05, 4.69) is 43.2 Å². The largest absolute Gasteiger partial charge is 0.315 e. The molecule has 0 aromatic heterocycles. The molecular weight excluding hydrogens is 198 g/mol. The average molecular weight is 225 g/mol. The number of rotatable bonds is 4. The highest BCUT2D eigenvalue weighted by Crippen LogP contribution is 2.37. The normalized spacial score (nSPS) is 33.4. The molecule has 0 amide bonds. The van der Waals surface area contributed by atoms with Crippen molar-refractivity contribution in [1.82, 2.24) is 15.1 Å². The smallest absolute Gasteiger partial charge is 0.0330 e. The highest BCUT2D eigenvalue weighted by atomic mass is 15.3. The first-order valence-corrected chi connectivity index (χ1v) is 6.63. The van der Waals surface area contributed by atoms with Crippen molar-refractivity contribution >= 4 is 0 Å². The predicted molar refractivity (Wildman–Crippen MR) is 68.7 cm³/mol. The fraction of sp³-hybridized carbons (Fsp3) is 1.00. The third-order valence-corrected chi connectivity index (χ3v) is 4.82. The van der Waals surface area contributed by atoms with Crippen molar-refractivity contribution in [3.8, 4) is 0 Å². The lowest BCUT2D eigenvalue weighted by Crippen LogP contribution is -2.58. The number of nitrogens with zero attached hydrogens (tertiary/aromatic N) is 2. The summed E-state index contributed by atoms with van der Waals surface area (Å²) >= 11 is 0. The van der Waals surface area contributed by atoms with Gasteiger partial charge in [-0.25, -0.2) is 0 Å². The molecule has 3 nitrogen and oxygen atoms in total. The van der Waals surface area contributed by atoms with E-state index in [1.165, 1.54) is 38.9 Å². The zero-order chi connectivity index (χ0) is 11.8. The van der Waals surface area contributed by atoms with Gasteiger partial charge in [0, 0.05) is 24.7 Å². The third-order valence-electron chi connectivity index (χ3n) is 4.82. The summed E-state index contributed by atoms with van der Waals surface area (Å²) in [6, 6.07) is 0.734. The van der Waals surface area contributed by atoms with E-state index in [1.807, 2.05) is 0 Å². The molecule has 16 heavy (non-hydrogen) atoms. The summed E-state index contributed by atoms with van der Waals surface area (Å²) in [6.07, 6.45) is 4.15. The summed E-state index contributed by atoms with van der Waals surface area (Å²) in [7, 11) is 6.78. The molecule has 0 aromatic carbocycles. The second-order valence-electron chi connectivity index (χ2n) is 6.09. The lowest BCUT2D eigenvalue weighted by Gasteiger charge is -2.50. The van der Waals surface area contributed by atoms with Crippen molar-refractivity contribution in [2.24, 2.45) is 5.92 Å². The Morgan fingerprint density at radius 3 is 2.25 bits per heavy atom. The minimum absolute atomic E-state index is 0.469. The summed E-state index contributed by atoms with van der Waals surface area (Å²) in [4.78, 5) is 5.03. The van der Waals surface area contributed by atoms with E-state index in [1.54, 1.807) is 0 Å². The van der Waals surface area contributed by atoms with E-state index < -0.39 is 0 Å². The highest BCUT2D eigenvalue weighted by Gasteiger charge is 2.41. The SMILES string of the molecule is CC1CNCC1N(C)CC1(N(C)C)CCC1. The molecule has 2 atom stereocenters. The Hall–Kier alpha value is -0.120. The van der Waals surface area contributed by atoms with Gasteiger partial charge in [0.15, 0.2) is 0 Å². The fourth-order valence-corrected chi connectivity index (χ4v) is 3.30. The van der Waals surface area contributed by atoms with Crippen LogP contribution < -0.4 is 5.32 Å². The van der Waals surface area contributed by atoms with Crippen LogP contribution in [0, 0.1) is 5.92 Å². The first-order valence-electron chi connectivity index (χ1n) is 6.63. The molecule has 2 rings (SSSR count). The topological polar surface area (TPSA) is 18.5 Å². The number of hydrogen-bond acceptors (Lipinski definition) is 3. The molecule has 2 fully saturated rings. The Bertz CT molecular complexity index is 235. The lowest BCUT2D eigenvalue weighted by molar-refractivity contribution is 0.0140. The molecule has 2 aliphatic rings. The average Bonchev–Trinajstić information content (AvgIpc) is 2.57. The van der Waals surface area contributed by atoms with Gasteiger partial charge in [0.1, 0.15) is 0 Å². The van der Waals surface area contributed by atoms with Crippen LogP contribution in [0.3, 0.4) is 0 Å². The molecular formula is C13H27N3. The van der Waals surface area contributed by atoms with Gasteiger partial charge in [-0.15, -0.1) is 0 Å². The molecule has 0 spiro atoms. The Labute approximate surface area is 100 Å². The van der Waals surface area contributed by atoms with Crippen molar-refractivity contribution in [2.45, 2.75) is 37.8 Å². The maximum absolute atomic E-state index is 3.50. The molecule has 1 saturated carbocycles. The Balaban J connectivity index is 1.93. The van der Waals surface area contributed by atoms with E-state index in [0.29, 0.717) is 5.54 Å². The van der Waals surface area contributed by atoms with Gasteiger partial charge in [-0.1, -0.05) is 6.92 Å². The van der Waals surface area contributed by atoms with Gasteiger partial charge in [-0.2, -0.15) is 0 Å². The standard InChI is InChI=1S/C13H27N3/c1-11-8-14-9-12(11)16(4)10-13(15(2)3)6-5-7-13/h11-12,14H,5-10H2,1-4H3. The first-order chi connectivity index (χ1) is 7.55. The summed E-state index contributed by atoms with van der Waals surface area (Å²) in [5, 5.41) is 3.50. The van der Waals surface area contributed by atoms with E-state index in [9.17, 15) is 0 Å². The molecule has 3 heteroatoms. The number of nitrogens with one attached hydrogen (secondary N) is 1. The van der Waals surface area contributed by atoms with E-state index >= 15 is 0 Å². The fourth-order valence-electron chi connectivity index (χ4n) is 3.30. The van der Waals surface area contributed by atoms with Gasteiger partial charge >= 0.3 is 0 Å². The molecule has 2 unspecified atom stereocenters. The quantitative estimate of drug-likeness (QED) is 0.770. The van der Waals surface area contributed by atoms with Crippen molar-refractivity contribution in [3.05, 3.63) is 0 Å². The molecule has 1 N–H and O–H groups in total. The monoisotopic (exact) mass is 225 g/mol. The molecule has 0 aromatic rings. The van der Waals surface area contributed by atoms with Crippen LogP contribution in [0.25, 0.3) is 0 Å². The van der Waals surface area contributed by atoms with Crippen LogP contribution in [0.4, 0.5) is 0 Å². The van der Waals surface area contributed by atoms with Crippen LogP contribution >= 0.6 is 0 Å². The summed E-state index contributed by atoms with van der Waals surface area (Å²) < 4.78 is 0. The number of hydrogen-bond donors (Lipinski definition) is 1. The minimum atomic E-state index is 0.469. The maximum atomic E-state index is 3.50. The zero-order valence-electron chi connectivity index (χ0n) is 11.3. The molecule has 0 bridgehead atoms. The maximum Gasteiger partial charge on any atom is 0.0330 e. The molecule has 94 valence electrons. The van der Waals surface area contributed by atoms with Crippen LogP contribution in [0.2, 0.25) is 0 Å². The van der Waals surface area contributed by atoms with Crippen LogP contribution in [0.5, 0.6) is 0 Å². The van der Waals surface area contributed by atoms with Crippen molar-refractivity contribution in [1.29, 1.82) is 0 Å². The third kappa shape index (κ3) is 2.13. The van der Waals surface area contributed by atoms with Crippen molar-refractivity contribution in [2.75, 3.05) is 40.8 Å². The van der Waals surface area contributed by atoms with Gasteiger partial charge in [0.25, 0.3) is 0 Å². The summed E-state index contributed by atoms with van der Waals surface area (Å²) in [6.45, 7) is 5.95. The van der Waals surface area contributed by atoms with E-state index in [0.717, 1.165) is 12.0 Å². The second kappa shape index (κ2) is 4.63. The Morgan fingerprint density at radius 2 is 1.88 bits per heavy atom. The summed E-state index contributed by atoms with van der Waals surface area (Å²) in [5.74, 6) is 0.796. The first kappa shape index (κ1) is 12.3. The predicted octanol–water partition coefficient (Wildman–Crippen LogP) is 1.01. The minimum Gasteiger partial charge on any atom is -0.315 e. The van der Waals surface area contributed by atoms with Gasteiger partial charge in [0.2, 0.25) is 0 Å². The molecule has 1 aliphatic heterocycles. The second-order valence-corrected chi connectivity index (χ2v) is 6.09. The van der Waals surface area contributed by atoms with Crippen LogP contribution in [0.1, 0.15) is 26.2 Å². The zero-order valence-corrected chi connectivity index (χ0v) is 11.3. The van der Waals surface area contributed by atoms with E-state index in [-0.39, 0.29) is 0 Å². The molecule has 1 saturated heterocycles. The lowest BCUT2D eigenvalue weighted by atomic mass is 9.75. The van der Waals surface area contributed by atoms with Crippen molar-refractivity contribution < 1.29 is 0 Å². The van der Waals surface area contributed by atoms with Crippen LogP contribution in [-0.2, 0) is 0 Å². The highest BCUT2D eigenvalue weighted by molar-refractivity contribution is 4.99. The van der Waals surface area contributed by atoms with E-state index in [4.69, 9.17) is 0 Å². The van der Waals surface area contributed by atoms with Crippen LogP contribution in [0.15, 0.2) is 0 Å². The Kier molecular flexibility index (Phi) is 3.57. The van der Waals surface area contributed by atoms with Gasteiger partial charge in [-0.3, -0.25) is 4.90 Å². The van der Waals surface area contributed by atoms with Gasteiger partial charge in [0.05, 0.1) is 0 Å². The molecule has 1 heterocycles. The summed E-state index contributed by atoms with van der Waals surface area (Å²) in [5.41, 5.74) is 0.469. The van der Waals surface area contributed by atoms with Gasteiger partial charge < -0.3 is 10.2 Å².